The van der Waals surface area contributed by atoms with Crippen LogP contribution in [0.3, 0.4) is 0 Å². The van der Waals surface area contributed by atoms with Gasteiger partial charge >= 0.3 is 0 Å². The van der Waals surface area contributed by atoms with Crippen LogP contribution >= 0.6 is 0 Å². The Morgan fingerprint density at radius 2 is 1.80 bits per heavy atom. The van der Waals surface area contributed by atoms with Crippen LogP contribution in [0.1, 0.15) is 26.7 Å². The van der Waals surface area contributed by atoms with E-state index < -0.39 is 11.3 Å². The first-order chi connectivity index (χ1) is 6.90. The highest BCUT2D eigenvalue weighted by Gasteiger charge is 2.52. The molecule has 0 amide bonds. The highest BCUT2D eigenvalue weighted by Crippen LogP contribution is 2.45. The van der Waals surface area contributed by atoms with Gasteiger partial charge in [0.1, 0.15) is 0 Å². The number of hydrogen-bond donors (Lipinski definition) is 3. The van der Waals surface area contributed by atoms with Gasteiger partial charge in [-0.2, -0.15) is 0 Å². The van der Waals surface area contributed by atoms with Gasteiger partial charge in [-0.1, -0.05) is 0 Å². The minimum Gasteiger partial charge on any atom is -0.760 e. The number of rotatable bonds is 0. The predicted octanol–water partition coefficient (Wildman–Crippen LogP) is -0.523. The van der Waals surface area contributed by atoms with Crippen LogP contribution in [0.2, 0.25) is 0 Å². The molecule has 2 rings (SSSR count). The summed E-state index contributed by atoms with van der Waals surface area (Å²) in [6.45, 7) is 8.33. The second-order valence-electron chi connectivity index (χ2n) is 4.77. The average molecular weight is 234 g/mol. The lowest BCUT2D eigenvalue weighted by Gasteiger charge is -2.59. The summed E-state index contributed by atoms with van der Waals surface area (Å²) in [6, 6.07) is 0. The molecule has 5 nitrogen and oxygen atoms in total. The van der Waals surface area contributed by atoms with E-state index in [4.69, 9.17) is 8.76 Å². The molecule has 2 saturated heterocycles. The summed E-state index contributed by atoms with van der Waals surface area (Å²) >= 11 is -2.36. The summed E-state index contributed by atoms with van der Waals surface area (Å²) in [5.74, 6) is 0. The minimum absolute atomic E-state index is 0.398. The Hall–Kier alpha value is -0.0100. The van der Waals surface area contributed by atoms with E-state index >= 15 is 0 Å². The third-order valence-electron chi connectivity index (χ3n) is 3.76. The van der Waals surface area contributed by atoms with E-state index in [9.17, 15) is 0 Å². The van der Waals surface area contributed by atoms with E-state index in [0.29, 0.717) is 11.0 Å². The summed E-state index contributed by atoms with van der Waals surface area (Å²) in [5, 5.41) is 11.0. The number of hydrogen-bond acceptors (Lipinski definition) is 4. The smallest absolute Gasteiger partial charge is 0.0194 e. The molecule has 4 N–H and O–H groups in total. The van der Waals surface area contributed by atoms with Crippen molar-refractivity contribution in [2.45, 2.75) is 32.2 Å². The van der Waals surface area contributed by atoms with E-state index in [-0.39, 0.29) is 0 Å². The molecule has 2 heterocycles. The highest BCUT2D eigenvalue weighted by atomic mass is 32.2. The second kappa shape index (κ2) is 4.88. The lowest BCUT2D eigenvalue weighted by atomic mass is 9.60. The molecule has 90 valence electrons. The molecule has 0 aromatic carbocycles. The molecule has 1 spiro atoms. The SMILES string of the molecule is CC1(C)NCC12CCNCC2.NS(=O)[O-]. The molecule has 15 heavy (non-hydrogen) atoms. The molecule has 1 atom stereocenters. The van der Waals surface area contributed by atoms with E-state index in [0.717, 1.165) is 0 Å². The van der Waals surface area contributed by atoms with Gasteiger partial charge in [-0.25, -0.2) is 0 Å². The van der Waals surface area contributed by atoms with Gasteiger partial charge in [0.05, 0.1) is 0 Å². The van der Waals surface area contributed by atoms with Gasteiger partial charge < -0.3 is 15.2 Å². The Labute approximate surface area is 93.6 Å². The molecule has 2 aliphatic heterocycles. The van der Waals surface area contributed by atoms with Gasteiger partial charge in [0, 0.05) is 28.8 Å². The van der Waals surface area contributed by atoms with Crippen molar-refractivity contribution in [3.63, 3.8) is 0 Å². The molecule has 2 fully saturated rings. The summed E-state index contributed by atoms with van der Waals surface area (Å²) < 4.78 is 17.6. The highest BCUT2D eigenvalue weighted by molar-refractivity contribution is 7.76. The fourth-order valence-electron chi connectivity index (χ4n) is 2.40. The molecule has 0 aromatic heterocycles. The van der Waals surface area contributed by atoms with Crippen LogP contribution in [0.25, 0.3) is 0 Å². The number of nitrogens with one attached hydrogen (secondary N) is 2. The molecule has 0 aliphatic carbocycles. The van der Waals surface area contributed by atoms with Crippen LogP contribution in [0.5, 0.6) is 0 Å². The van der Waals surface area contributed by atoms with E-state index in [1.54, 1.807) is 0 Å². The zero-order valence-corrected chi connectivity index (χ0v) is 10.2. The Kier molecular flexibility index (Phi) is 4.25. The van der Waals surface area contributed by atoms with Gasteiger partial charge in [0.25, 0.3) is 0 Å². The average Bonchev–Trinajstić information content (AvgIpc) is 2.17. The van der Waals surface area contributed by atoms with Gasteiger partial charge in [0.2, 0.25) is 0 Å². The van der Waals surface area contributed by atoms with Crippen molar-refractivity contribution in [1.82, 2.24) is 10.6 Å². The maximum absolute atomic E-state index is 8.78. The van der Waals surface area contributed by atoms with Gasteiger partial charge in [-0.3, -0.25) is 9.35 Å². The fourth-order valence-corrected chi connectivity index (χ4v) is 2.40. The second-order valence-corrected chi connectivity index (χ2v) is 5.29. The summed E-state index contributed by atoms with van der Waals surface area (Å²) in [7, 11) is 0. The fraction of sp³-hybridized carbons (Fsp3) is 1.00. The largest absolute Gasteiger partial charge is 0.760 e. The summed E-state index contributed by atoms with van der Waals surface area (Å²) in [5.41, 5.74) is 1.02. The van der Waals surface area contributed by atoms with E-state index in [1.807, 2.05) is 0 Å². The molecule has 1 unspecified atom stereocenters. The predicted molar refractivity (Wildman–Crippen MR) is 59.7 cm³/mol. The molecule has 6 heteroatoms. The van der Waals surface area contributed by atoms with E-state index in [2.05, 4.69) is 29.6 Å². The van der Waals surface area contributed by atoms with Crippen molar-refractivity contribution >= 4 is 11.3 Å². The molecule has 0 bridgehead atoms. The lowest BCUT2D eigenvalue weighted by Crippen LogP contribution is -2.71. The van der Waals surface area contributed by atoms with Crippen molar-refractivity contribution in [2.75, 3.05) is 19.6 Å². The van der Waals surface area contributed by atoms with Crippen LogP contribution in [0.15, 0.2) is 0 Å². The van der Waals surface area contributed by atoms with Crippen LogP contribution in [0, 0.1) is 5.41 Å². The third kappa shape index (κ3) is 2.98. The Balaban J connectivity index is 0.000000245. The van der Waals surface area contributed by atoms with Crippen LogP contribution in [0.4, 0.5) is 0 Å². The molecular formula is C9H20N3O2S-. The van der Waals surface area contributed by atoms with Crippen molar-refractivity contribution in [3.05, 3.63) is 0 Å². The first kappa shape index (κ1) is 13.1. The Morgan fingerprint density at radius 3 is 2.00 bits per heavy atom. The van der Waals surface area contributed by atoms with Gasteiger partial charge in [0.15, 0.2) is 0 Å². The van der Waals surface area contributed by atoms with Crippen molar-refractivity contribution in [2.24, 2.45) is 10.6 Å². The van der Waals surface area contributed by atoms with Gasteiger partial charge in [-0.15, -0.1) is 0 Å². The Bertz CT molecular complexity index is 236. The summed E-state index contributed by atoms with van der Waals surface area (Å²) in [6.07, 6.45) is 2.71. The minimum atomic E-state index is -2.36. The zero-order chi connectivity index (χ0) is 11.5. The lowest BCUT2D eigenvalue weighted by molar-refractivity contribution is -0.0184. The summed E-state index contributed by atoms with van der Waals surface area (Å²) in [4.78, 5) is 0. The first-order valence-corrected chi connectivity index (χ1v) is 6.33. The molecular weight excluding hydrogens is 214 g/mol. The molecule has 0 radical (unpaired) electrons. The van der Waals surface area contributed by atoms with E-state index in [1.165, 1.54) is 32.5 Å². The molecule has 0 aromatic rings. The van der Waals surface area contributed by atoms with Crippen molar-refractivity contribution < 1.29 is 8.76 Å². The maximum atomic E-state index is 8.78. The van der Waals surface area contributed by atoms with Crippen molar-refractivity contribution in [3.8, 4) is 0 Å². The zero-order valence-electron chi connectivity index (χ0n) is 9.34. The normalized spacial score (nSPS) is 28.5. The first-order valence-electron chi connectivity index (χ1n) is 5.19. The number of nitrogens with two attached hydrogens (primary N) is 1. The topological polar surface area (TPSA) is 90.2 Å². The van der Waals surface area contributed by atoms with Crippen LogP contribution < -0.4 is 15.8 Å². The maximum Gasteiger partial charge on any atom is 0.0194 e. The number of piperidine rings is 1. The monoisotopic (exact) mass is 234 g/mol. The standard InChI is InChI=1S/C9H18N2.H3NO2S/c1-8(2)9(7-11-8)3-5-10-6-4-9;1-4(2)3/h10-11H,3-7H2,1-2H3;1H2,(H,2,3)/p-1. The molecule has 0 saturated carbocycles. The van der Waals surface area contributed by atoms with Crippen LogP contribution in [-0.2, 0) is 11.3 Å². The third-order valence-corrected chi connectivity index (χ3v) is 3.76. The van der Waals surface area contributed by atoms with Crippen molar-refractivity contribution in [1.29, 1.82) is 0 Å². The molecule has 2 aliphatic rings. The Morgan fingerprint density at radius 1 is 1.33 bits per heavy atom. The van der Waals surface area contributed by atoms with Crippen LogP contribution in [-0.4, -0.2) is 33.9 Å². The van der Waals surface area contributed by atoms with Gasteiger partial charge in [-0.05, 0) is 39.8 Å². The quantitative estimate of drug-likeness (QED) is 0.492.